The van der Waals surface area contributed by atoms with E-state index >= 15 is 0 Å². The second-order valence-corrected chi connectivity index (χ2v) is 7.89. The van der Waals surface area contributed by atoms with Gasteiger partial charge in [0.25, 0.3) is 0 Å². The third-order valence-corrected chi connectivity index (χ3v) is 5.36. The summed E-state index contributed by atoms with van der Waals surface area (Å²) in [7, 11) is -3.49. The molecule has 1 saturated heterocycles. The Morgan fingerprint density at radius 2 is 1.62 bits per heavy atom. The second-order valence-electron chi connectivity index (χ2n) is 6.24. The molecule has 1 fully saturated rings. The third kappa shape index (κ3) is 5.78. The molecule has 1 aliphatic rings. The lowest BCUT2D eigenvalue weighted by molar-refractivity contribution is 0.0341. The Bertz CT molecular complexity index is 829. The Balaban J connectivity index is 1.62. The molecule has 0 amide bonds. The summed E-state index contributed by atoms with van der Waals surface area (Å²) in [5, 5.41) is 1.22. The van der Waals surface area contributed by atoms with Crippen molar-refractivity contribution in [2.75, 3.05) is 26.3 Å². The van der Waals surface area contributed by atoms with E-state index in [1.54, 1.807) is 6.08 Å². The standard InChI is InChI=1S/C20H24N2O3S/c23-26(24,15-10-18-6-2-1-3-7-18)21-16-19-8-4-5-9-20(19)17-22-11-13-25-14-12-22/h1-10,15,21H,11-14,16-17H2/b15-10+. The number of sulfonamides is 1. The van der Waals surface area contributed by atoms with Crippen LogP contribution < -0.4 is 4.72 Å². The summed E-state index contributed by atoms with van der Waals surface area (Å²) >= 11 is 0. The molecule has 5 nitrogen and oxygen atoms in total. The van der Waals surface area contributed by atoms with Gasteiger partial charge in [0.15, 0.2) is 0 Å². The van der Waals surface area contributed by atoms with Gasteiger partial charge in [0.2, 0.25) is 10.0 Å². The van der Waals surface area contributed by atoms with Crippen molar-refractivity contribution in [2.24, 2.45) is 0 Å². The predicted molar refractivity (Wildman–Crippen MR) is 104 cm³/mol. The van der Waals surface area contributed by atoms with Crippen LogP contribution in [-0.2, 0) is 27.8 Å². The molecule has 0 saturated carbocycles. The van der Waals surface area contributed by atoms with E-state index < -0.39 is 10.0 Å². The van der Waals surface area contributed by atoms with Gasteiger partial charge in [-0.1, -0.05) is 54.6 Å². The first-order valence-electron chi connectivity index (χ1n) is 8.72. The summed E-state index contributed by atoms with van der Waals surface area (Å²) in [5.74, 6) is 0. The van der Waals surface area contributed by atoms with Gasteiger partial charge in [0.1, 0.15) is 0 Å². The number of morpholine rings is 1. The van der Waals surface area contributed by atoms with Crippen LogP contribution >= 0.6 is 0 Å². The lowest BCUT2D eigenvalue weighted by Crippen LogP contribution is -2.36. The number of nitrogens with one attached hydrogen (secondary N) is 1. The van der Waals surface area contributed by atoms with Crippen LogP contribution in [0.3, 0.4) is 0 Å². The molecule has 2 aromatic rings. The highest BCUT2D eigenvalue weighted by atomic mass is 32.2. The van der Waals surface area contributed by atoms with Crippen molar-refractivity contribution in [3.8, 4) is 0 Å². The highest BCUT2D eigenvalue weighted by Crippen LogP contribution is 2.13. The summed E-state index contributed by atoms with van der Waals surface area (Å²) in [6.07, 6.45) is 1.60. The summed E-state index contributed by atoms with van der Waals surface area (Å²) in [5.41, 5.74) is 2.99. The van der Waals surface area contributed by atoms with Crippen molar-refractivity contribution < 1.29 is 13.2 Å². The summed E-state index contributed by atoms with van der Waals surface area (Å²) < 4.78 is 32.6. The maximum atomic E-state index is 12.3. The van der Waals surface area contributed by atoms with Crippen molar-refractivity contribution in [3.05, 3.63) is 76.7 Å². The van der Waals surface area contributed by atoms with Gasteiger partial charge in [-0.2, -0.15) is 0 Å². The Hall–Kier alpha value is -1.99. The van der Waals surface area contributed by atoms with Crippen LogP contribution in [0.4, 0.5) is 0 Å². The number of hydrogen-bond acceptors (Lipinski definition) is 4. The lowest BCUT2D eigenvalue weighted by Gasteiger charge is -2.27. The van der Waals surface area contributed by atoms with E-state index in [9.17, 15) is 8.42 Å². The van der Waals surface area contributed by atoms with E-state index in [4.69, 9.17) is 4.74 Å². The summed E-state index contributed by atoms with van der Waals surface area (Å²) in [6.45, 7) is 4.39. The van der Waals surface area contributed by atoms with E-state index in [-0.39, 0.29) is 6.54 Å². The van der Waals surface area contributed by atoms with Gasteiger partial charge in [-0.25, -0.2) is 13.1 Å². The highest BCUT2D eigenvalue weighted by Gasteiger charge is 2.13. The fourth-order valence-corrected chi connectivity index (χ4v) is 3.63. The minimum atomic E-state index is -3.49. The van der Waals surface area contributed by atoms with Crippen LogP contribution in [0.2, 0.25) is 0 Å². The van der Waals surface area contributed by atoms with Crippen LogP contribution in [0, 0.1) is 0 Å². The average molecular weight is 372 g/mol. The Labute approximate surface area is 155 Å². The third-order valence-electron chi connectivity index (χ3n) is 4.32. The van der Waals surface area contributed by atoms with Gasteiger partial charge >= 0.3 is 0 Å². The molecular formula is C20H24N2O3S. The maximum absolute atomic E-state index is 12.3. The summed E-state index contributed by atoms with van der Waals surface area (Å²) in [6, 6.07) is 17.3. The van der Waals surface area contributed by atoms with Crippen LogP contribution in [0.25, 0.3) is 6.08 Å². The molecule has 1 aliphatic heterocycles. The molecule has 138 valence electrons. The Morgan fingerprint density at radius 1 is 0.962 bits per heavy atom. The summed E-state index contributed by atoms with van der Waals surface area (Å²) in [4.78, 5) is 2.33. The van der Waals surface area contributed by atoms with E-state index in [0.717, 1.165) is 49.5 Å². The van der Waals surface area contributed by atoms with Crippen molar-refractivity contribution in [3.63, 3.8) is 0 Å². The zero-order valence-electron chi connectivity index (χ0n) is 14.7. The molecule has 0 atom stereocenters. The monoisotopic (exact) mass is 372 g/mol. The quantitative estimate of drug-likeness (QED) is 0.812. The maximum Gasteiger partial charge on any atom is 0.234 e. The van der Waals surface area contributed by atoms with Crippen LogP contribution in [0.5, 0.6) is 0 Å². The molecule has 2 aromatic carbocycles. The first-order chi connectivity index (χ1) is 12.6. The molecule has 26 heavy (non-hydrogen) atoms. The molecule has 3 rings (SSSR count). The normalized spacial score (nSPS) is 16.2. The lowest BCUT2D eigenvalue weighted by atomic mass is 10.1. The van der Waals surface area contributed by atoms with Gasteiger partial charge in [-0.15, -0.1) is 0 Å². The minimum Gasteiger partial charge on any atom is -0.379 e. The van der Waals surface area contributed by atoms with Crippen molar-refractivity contribution in [1.82, 2.24) is 9.62 Å². The molecule has 1 N–H and O–H groups in total. The Kier molecular flexibility index (Phi) is 6.57. The molecule has 0 unspecified atom stereocenters. The highest BCUT2D eigenvalue weighted by molar-refractivity contribution is 7.92. The smallest absolute Gasteiger partial charge is 0.234 e. The average Bonchev–Trinajstić information content (AvgIpc) is 2.68. The van der Waals surface area contributed by atoms with Gasteiger partial charge in [0, 0.05) is 31.6 Å². The Morgan fingerprint density at radius 3 is 2.35 bits per heavy atom. The van der Waals surface area contributed by atoms with Gasteiger partial charge < -0.3 is 4.74 Å². The van der Waals surface area contributed by atoms with Gasteiger partial charge in [-0.3, -0.25) is 4.90 Å². The van der Waals surface area contributed by atoms with Crippen molar-refractivity contribution in [2.45, 2.75) is 13.1 Å². The number of benzene rings is 2. The van der Waals surface area contributed by atoms with Crippen LogP contribution in [0.1, 0.15) is 16.7 Å². The second kappa shape index (κ2) is 9.09. The molecular weight excluding hydrogens is 348 g/mol. The van der Waals surface area contributed by atoms with Crippen LogP contribution in [0.15, 0.2) is 60.0 Å². The first kappa shape index (κ1) is 18.8. The molecule has 0 aliphatic carbocycles. The molecule has 0 bridgehead atoms. The number of ether oxygens (including phenoxy) is 1. The molecule has 0 aromatic heterocycles. The number of rotatable bonds is 7. The fourth-order valence-electron chi connectivity index (χ4n) is 2.84. The number of hydrogen-bond donors (Lipinski definition) is 1. The van der Waals surface area contributed by atoms with Gasteiger partial charge in [0.05, 0.1) is 13.2 Å². The molecule has 1 heterocycles. The predicted octanol–water partition coefficient (Wildman–Crippen LogP) is 2.61. The molecule has 0 radical (unpaired) electrons. The zero-order valence-corrected chi connectivity index (χ0v) is 15.5. The van der Waals surface area contributed by atoms with Crippen molar-refractivity contribution in [1.29, 1.82) is 0 Å². The van der Waals surface area contributed by atoms with E-state index in [0.29, 0.717) is 0 Å². The van der Waals surface area contributed by atoms with Crippen LogP contribution in [-0.4, -0.2) is 39.6 Å². The van der Waals surface area contributed by atoms with Gasteiger partial charge in [-0.05, 0) is 22.8 Å². The first-order valence-corrected chi connectivity index (χ1v) is 10.3. The zero-order chi connectivity index (χ0) is 18.2. The number of nitrogens with zero attached hydrogens (tertiary/aromatic N) is 1. The van der Waals surface area contributed by atoms with E-state index in [2.05, 4.69) is 15.7 Å². The largest absolute Gasteiger partial charge is 0.379 e. The topological polar surface area (TPSA) is 58.6 Å². The molecule has 6 heteroatoms. The van der Waals surface area contributed by atoms with E-state index in [1.807, 2.05) is 48.5 Å². The SMILES string of the molecule is O=S(=O)(/C=C/c1ccccc1)NCc1ccccc1CN1CCOCC1. The van der Waals surface area contributed by atoms with Crippen molar-refractivity contribution >= 4 is 16.1 Å². The van der Waals surface area contributed by atoms with E-state index in [1.165, 1.54) is 5.41 Å². The minimum absolute atomic E-state index is 0.280. The molecule has 0 spiro atoms. The fraction of sp³-hybridized carbons (Fsp3) is 0.300.